The second-order valence-corrected chi connectivity index (χ2v) is 16.3. The lowest BCUT2D eigenvalue weighted by Crippen LogP contribution is -2.10. The monoisotopic (exact) mass is 769 g/mol. The first-order valence-corrected chi connectivity index (χ1v) is 20.9. The van der Waals surface area contributed by atoms with E-state index in [4.69, 9.17) is 4.42 Å². The molecule has 0 aliphatic heterocycles. The van der Waals surface area contributed by atoms with Gasteiger partial charge in [-0.3, -0.25) is 0 Å². The van der Waals surface area contributed by atoms with Crippen molar-refractivity contribution in [2.45, 2.75) is 0 Å². The fourth-order valence-corrected chi connectivity index (χ4v) is 10.1. The maximum absolute atomic E-state index is 6.99. The first-order valence-electron chi connectivity index (χ1n) is 20.1. The van der Waals surface area contributed by atoms with Crippen molar-refractivity contribution in [1.29, 1.82) is 0 Å². The molecule has 276 valence electrons. The highest BCUT2D eigenvalue weighted by atomic mass is 32.1. The third-order valence-corrected chi connectivity index (χ3v) is 13.0. The summed E-state index contributed by atoms with van der Waals surface area (Å²) in [5.41, 5.74) is 11.8. The third-order valence-electron chi connectivity index (χ3n) is 11.9. The van der Waals surface area contributed by atoms with E-state index in [1.807, 2.05) is 11.3 Å². The van der Waals surface area contributed by atoms with Gasteiger partial charge < -0.3 is 9.32 Å². The Kier molecular flexibility index (Phi) is 7.75. The minimum Gasteiger partial charge on any atom is -0.455 e. The molecule has 2 heterocycles. The van der Waals surface area contributed by atoms with Gasteiger partial charge in [0.1, 0.15) is 11.2 Å². The van der Waals surface area contributed by atoms with Crippen LogP contribution in [0.2, 0.25) is 0 Å². The standard InChI is InChI=1S/C56H35NOS/c1-3-11-36(12-4-1)42-25-29-49-52(34-42)58-56-46(38-13-5-2-6-14-38)31-32-51(55(49)56)57(44-28-30-48-47-17-9-10-18-53(47)59-54(48)35-44)43-26-23-37(24-27-43)41-22-21-40-20-19-39-15-7-8-16-45(39)50(40)33-41/h1-35H. The number of hydrogen-bond donors (Lipinski definition) is 0. The molecular formula is C56H35NOS. The number of anilines is 3. The fraction of sp³-hybridized carbons (Fsp3) is 0. The molecule has 0 atom stereocenters. The molecule has 2 nitrogen and oxygen atoms in total. The first kappa shape index (κ1) is 33.7. The number of furan rings is 1. The van der Waals surface area contributed by atoms with E-state index in [0.29, 0.717) is 0 Å². The van der Waals surface area contributed by atoms with Gasteiger partial charge in [-0.2, -0.15) is 0 Å². The smallest absolute Gasteiger partial charge is 0.145 e. The summed E-state index contributed by atoms with van der Waals surface area (Å²) in [5.74, 6) is 0. The molecule has 0 saturated carbocycles. The maximum Gasteiger partial charge on any atom is 0.145 e. The highest BCUT2D eigenvalue weighted by Crippen LogP contribution is 2.48. The summed E-state index contributed by atoms with van der Waals surface area (Å²) >= 11 is 1.85. The van der Waals surface area contributed by atoms with Gasteiger partial charge in [0.2, 0.25) is 0 Å². The number of benzene rings is 10. The molecule has 2 aromatic heterocycles. The molecule has 0 fully saturated rings. The second-order valence-electron chi connectivity index (χ2n) is 15.3. The van der Waals surface area contributed by atoms with Crippen molar-refractivity contribution in [2.24, 2.45) is 0 Å². The van der Waals surface area contributed by atoms with Gasteiger partial charge in [-0.05, 0) is 110 Å². The summed E-state index contributed by atoms with van der Waals surface area (Å²) in [6.45, 7) is 0. The summed E-state index contributed by atoms with van der Waals surface area (Å²) < 4.78 is 9.55. The first-order chi connectivity index (χ1) is 29.2. The molecule has 0 radical (unpaired) electrons. The molecule has 12 aromatic rings. The van der Waals surface area contributed by atoms with Crippen LogP contribution in [0, 0.1) is 0 Å². The van der Waals surface area contributed by atoms with Crippen molar-refractivity contribution in [3.05, 3.63) is 212 Å². The number of hydrogen-bond acceptors (Lipinski definition) is 3. The van der Waals surface area contributed by atoms with E-state index in [0.717, 1.165) is 61.3 Å². The minimum absolute atomic E-state index is 0.866. The number of nitrogens with zero attached hydrogens (tertiary/aromatic N) is 1. The predicted molar refractivity (Wildman–Crippen MR) is 253 cm³/mol. The molecule has 0 aliphatic carbocycles. The lowest BCUT2D eigenvalue weighted by atomic mass is 9.96. The van der Waals surface area contributed by atoms with Crippen LogP contribution in [0.25, 0.3) is 97.0 Å². The van der Waals surface area contributed by atoms with Crippen molar-refractivity contribution in [3.63, 3.8) is 0 Å². The van der Waals surface area contributed by atoms with Crippen LogP contribution in [-0.2, 0) is 0 Å². The van der Waals surface area contributed by atoms with E-state index >= 15 is 0 Å². The normalized spacial score (nSPS) is 11.7. The van der Waals surface area contributed by atoms with Crippen molar-refractivity contribution >= 4 is 92.1 Å². The Labute approximate surface area is 345 Å². The van der Waals surface area contributed by atoms with Crippen LogP contribution in [0.5, 0.6) is 0 Å². The Balaban J connectivity index is 1.07. The topological polar surface area (TPSA) is 16.4 Å². The third kappa shape index (κ3) is 5.62. The van der Waals surface area contributed by atoms with E-state index < -0.39 is 0 Å². The largest absolute Gasteiger partial charge is 0.455 e. The molecule has 12 rings (SSSR count). The summed E-state index contributed by atoms with van der Waals surface area (Å²) in [5, 5.41) is 9.79. The Hall–Kier alpha value is -7.46. The van der Waals surface area contributed by atoms with Gasteiger partial charge in [-0.15, -0.1) is 11.3 Å². The highest BCUT2D eigenvalue weighted by Gasteiger charge is 2.23. The summed E-state index contributed by atoms with van der Waals surface area (Å²) in [7, 11) is 0. The van der Waals surface area contributed by atoms with Crippen molar-refractivity contribution in [1.82, 2.24) is 0 Å². The predicted octanol–water partition coefficient (Wildman–Crippen LogP) is 16.7. The van der Waals surface area contributed by atoms with Gasteiger partial charge in [0.25, 0.3) is 0 Å². The lowest BCUT2D eigenvalue weighted by molar-refractivity contribution is 0.670. The van der Waals surface area contributed by atoms with Gasteiger partial charge >= 0.3 is 0 Å². The zero-order chi connectivity index (χ0) is 38.9. The molecular weight excluding hydrogens is 735 g/mol. The van der Waals surface area contributed by atoms with Gasteiger partial charge in [0, 0.05) is 42.5 Å². The molecule has 0 amide bonds. The Morgan fingerprint density at radius 1 is 0.356 bits per heavy atom. The average molecular weight is 770 g/mol. The van der Waals surface area contributed by atoms with Crippen LogP contribution in [0.4, 0.5) is 17.1 Å². The molecule has 0 unspecified atom stereocenters. The van der Waals surface area contributed by atoms with Crippen molar-refractivity contribution < 1.29 is 4.42 Å². The second kappa shape index (κ2) is 13.6. The number of rotatable bonds is 6. The van der Waals surface area contributed by atoms with Gasteiger partial charge in [-0.25, -0.2) is 0 Å². The number of fused-ring (bicyclic) bond motifs is 9. The number of thiophene rings is 1. The molecule has 0 spiro atoms. The molecule has 0 aliphatic rings. The summed E-state index contributed by atoms with van der Waals surface area (Å²) in [6, 6.07) is 76.9. The van der Waals surface area contributed by atoms with Crippen molar-refractivity contribution in [2.75, 3.05) is 4.90 Å². The zero-order valence-corrected chi connectivity index (χ0v) is 32.8. The Morgan fingerprint density at radius 2 is 0.949 bits per heavy atom. The summed E-state index contributed by atoms with van der Waals surface area (Å²) in [6.07, 6.45) is 0. The van der Waals surface area contributed by atoms with Crippen LogP contribution in [-0.4, -0.2) is 0 Å². The van der Waals surface area contributed by atoms with Crippen LogP contribution in [0.15, 0.2) is 217 Å². The molecule has 3 heteroatoms. The minimum atomic E-state index is 0.866. The quantitative estimate of drug-likeness (QED) is 0.157. The van der Waals surface area contributed by atoms with Crippen LogP contribution < -0.4 is 4.90 Å². The maximum atomic E-state index is 6.99. The van der Waals surface area contributed by atoms with E-state index in [-0.39, 0.29) is 0 Å². The van der Waals surface area contributed by atoms with E-state index in [1.54, 1.807) is 0 Å². The average Bonchev–Trinajstić information content (AvgIpc) is 3.88. The van der Waals surface area contributed by atoms with Crippen molar-refractivity contribution in [3.8, 4) is 33.4 Å². The SMILES string of the molecule is c1ccc(-c2ccc3c(c2)oc2c(-c4ccccc4)ccc(N(c4ccc(-c5ccc6ccc7ccccc7c6c5)cc4)c4ccc5c(c4)sc4ccccc45)c23)cc1. The van der Waals surface area contributed by atoms with E-state index in [1.165, 1.54) is 52.8 Å². The summed E-state index contributed by atoms with van der Waals surface area (Å²) in [4.78, 5) is 2.42. The molecule has 0 N–H and O–H groups in total. The van der Waals surface area contributed by atoms with E-state index in [9.17, 15) is 0 Å². The van der Waals surface area contributed by atoms with Gasteiger partial charge in [-0.1, -0.05) is 152 Å². The van der Waals surface area contributed by atoms with Gasteiger partial charge in [0.05, 0.1) is 11.1 Å². The Bertz CT molecular complexity index is 3550. The lowest BCUT2D eigenvalue weighted by Gasteiger charge is -2.27. The van der Waals surface area contributed by atoms with Crippen LogP contribution in [0.3, 0.4) is 0 Å². The molecule has 10 aromatic carbocycles. The van der Waals surface area contributed by atoms with E-state index in [2.05, 4.69) is 217 Å². The van der Waals surface area contributed by atoms with Crippen LogP contribution >= 0.6 is 11.3 Å². The van der Waals surface area contributed by atoms with Gasteiger partial charge in [0.15, 0.2) is 0 Å². The molecule has 0 bridgehead atoms. The molecule has 59 heavy (non-hydrogen) atoms. The molecule has 0 saturated heterocycles. The van der Waals surface area contributed by atoms with Crippen LogP contribution in [0.1, 0.15) is 0 Å². The highest BCUT2D eigenvalue weighted by molar-refractivity contribution is 7.25. The fourth-order valence-electron chi connectivity index (χ4n) is 8.97. The zero-order valence-electron chi connectivity index (χ0n) is 32.0. The Morgan fingerprint density at radius 3 is 1.78 bits per heavy atom.